The van der Waals surface area contributed by atoms with Gasteiger partial charge in [-0.25, -0.2) is 8.42 Å². The summed E-state index contributed by atoms with van der Waals surface area (Å²) in [4.78, 5) is 0.395. The van der Waals surface area contributed by atoms with E-state index < -0.39 is 18.6 Å². The predicted molar refractivity (Wildman–Crippen MR) is 106 cm³/mol. The number of sulfone groups is 1. The van der Waals surface area contributed by atoms with E-state index in [1.165, 1.54) is 0 Å². The van der Waals surface area contributed by atoms with E-state index in [1.54, 1.807) is 36.0 Å². The number of hydrogen-bond donors (Lipinski definition) is 0. The fourth-order valence-electron chi connectivity index (χ4n) is 2.41. The first-order chi connectivity index (χ1) is 12.0. The molecule has 144 valence electrons. The van der Waals surface area contributed by atoms with E-state index in [1.807, 2.05) is 26.8 Å². The molecule has 0 saturated heterocycles. The van der Waals surface area contributed by atoms with Crippen molar-refractivity contribution in [2.75, 3.05) is 37.1 Å². The van der Waals surface area contributed by atoms with Crippen LogP contribution in [0.5, 0.6) is 0 Å². The molecule has 0 unspecified atom stereocenters. The fourth-order valence-corrected chi connectivity index (χ4v) is 7.99. The van der Waals surface area contributed by atoms with Gasteiger partial charge in [0.1, 0.15) is 0 Å². The van der Waals surface area contributed by atoms with Crippen molar-refractivity contribution in [1.29, 1.82) is 0 Å². The second kappa shape index (κ2) is 12.1. The smallest absolute Gasteiger partial charge is 0.374 e. The number of thioether (sulfide) groups is 1. The zero-order chi connectivity index (χ0) is 18.6. The lowest BCUT2D eigenvalue weighted by Crippen LogP contribution is -2.46. The third-order valence-electron chi connectivity index (χ3n) is 3.46. The molecule has 1 aromatic rings. The van der Waals surface area contributed by atoms with Crippen LogP contribution in [-0.2, 0) is 23.1 Å². The van der Waals surface area contributed by atoms with Crippen molar-refractivity contribution in [2.24, 2.45) is 0 Å². The minimum absolute atomic E-state index is 0.159. The maximum absolute atomic E-state index is 12.2. The van der Waals surface area contributed by atoms with Crippen LogP contribution in [0, 0.1) is 0 Å². The predicted octanol–water partition coefficient (Wildman–Crippen LogP) is 3.63. The molecule has 1 rings (SSSR count). The lowest BCUT2D eigenvalue weighted by molar-refractivity contribution is 0.0712. The standard InChI is InChI=1S/C17H30O5S2Si/c1-4-20-25(21-5-2,22-6-3)16-10-13-23-14-15-24(18,19)17-11-8-7-9-12-17/h7-9,11-12H,4-6,10,13-16H2,1-3H3. The van der Waals surface area contributed by atoms with Crippen LogP contribution in [0.4, 0.5) is 0 Å². The molecule has 8 heteroatoms. The first-order valence-corrected chi connectivity index (χ1v) is 13.5. The van der Waals surface area contributed by atoms with Gasteiger partial charge in [0, 0.05) is 31.6 Å². The van der Waals surface area contributed by atoms with Crippen molar-refractivity contribution in [3.8, 4) is 0 Å². The summed E-state index contributed by atoms with van der Waals surface area (Å²) in [5.41, 5.74) is 0. The molecule has 0 aliphatic rings. The van der Waals surface area contributed by atoms with Crippen LogP contribution in [0.25, 0.3) is 0 Å². The summed E-state index contributed by atoms with van der Waals surface area (Å²) >= 11 is 1.65. The van der Waals surface area contributed by atoms with E-state index in [-0.39, 0.29) is 5.75 Å². The largest absolute Gasteiger partial charge is 0.500 e. The third kappa shape index (κ3) is 8.23. The van der Waals surface area contributed by atoms with Crippen LogP contribution in [0.1, 0.15) is 27.2 Å². The van der Waals surface area contributed by atoms with Gasteiger partial charge in [0.15, 0.2) is 9.84 Å². The van der Waals surface area contributed by atoms with Crippen molar-refractivity contribution in [2.45, 2.75) is 38.1 Å². The van der Waals surface area contributed by atoms with Gasteiger partial charge >= 0.3 is 8.80 Å². The van der Waals surface area contributed by atoms with E-state index in [2.05, 4.69) is 0 Å². The summed E-state index contributed by atoms with van der Waals surface area (Å²) in [6.07, 6.45) is 0.891. The zero-order valence-corrected chi connectivity index (χ0v) is 18.0. The van der Waals surface area contributed by atoms with Crippen molar-refractivity contribution >= 4 is 30.4 Å². The van der Waals surface area contributed by atoms with Crippen molar-refractivity contribution in [3.63, 3.8) is 0 Å². The van der Waals surface area contributed by atoms with E-state index >= 15 is 0 Å². The van der Waals surface area contributed by atoms with Crippen LogP contribution in [-0.4, -0.2) is 54.3 Å². The monoisotopic (exact) mass is 406 g/mol. The van der Waals surface area contributed by atoms with Gasteiger partial charge in [0.05, 0.1) is 10.6 Å². The quantitative estimate of drug-likeness (QED) is 0.347. The van der Waals surface area contributed by atoms with Gasteiger partial charge in [-0.3, -0.25) is 0 Å². The molecule has 0 heterocycles. The summed E-state index contributed by atoms with van der Waals surface area (Å²) in [5.74, 6) is 1.61. The molecule has 25 heavy (non-hydrogen) atoms. The summed E-state index contributed by atoms with van der Waals surface area (Å²) in [7, 11) is -5.76. The first kappa shape index (κ1) is 22.7. The molecule has 0 N–H and O–H groups in total. The Morgan fingerprint density at radius 2 is 1.48 bits per heavy atom. The Kier molecular flexibility index (Phi) is 11.0. The lowest BCUT2D eigenvalue weighted by Gasteiger charge is -2.28. The molecule has 0 amide bonds. The number of rotatable bonds is 14. The van der Waals surface area contributed by atoms with Gasteiger partial charge in [-0.1, -0.05) is 18.2 Å². The van der Waals surface area contributed by atoms with Crippen LogP contribution in [0.3, 0.4) is 0 Å². The molecule has 0 aromatic heterocycles. The van der Waals surface area contributed by atoms with E-state index in [0.717, 1.165) is 18.2 Å². The average Bonchev–Trinajstić information content (AvgIpc) is 2.59. The van der Waals surface area contributed by atoms with Crippen molar-refractivity contribution < 1.29 is 21.7 Å². The van der Waals surface area contributed by atoms with Gasteiger partial charge in [-0.05, 0) is 45.1 Å². The summed E-state index contributed by atoms with van der Waals surface area (Å²) in [5, 5.41) is 0. The van der Waals surface area contributed by atoms with E-state index in [9.17, 15) is 8.42 Å². The Morgan fingerprint density at radius 1 is 0.920 bits per heavy atom. The molecular weight excluding hydrogens is 376 g/mol. The topological polar surface area (TPSA) is 61.8 Å². The number of hydrogen-bond acceptors (Lipinski definition) is 6. The van der Waals surface area contributed by atoms with Crippen molar-refractivity contribution in [3.05, 3.63) is 30.3 Å². The fraction of sp³-hybridized carbons (Fsp3) is 0.647. The lowest BCUT2D eigenvalue weighted by atomic mass is 10.4. The molecule has 0 spiro atoms. The summed E-state index contributed by atoms with van der Waals surface area (Å²) in [6, 6.07) is 9.37. The van der Waals surface area contributed by atoms with Gasteiger partial charge in [-0.2, -0.15) is 11.8 Å². The Labute approximate surface area is 157 Å². The molecule has 1 aromatic carbocycles. The molecule has 0 aliphatic carbocycles. The Hall–Kier alpha value is -0.383. The minimum atomic E-state index is -3.19. The third-order valence-corrected chi connectivity index (χ3v) is 9.68. The summed E-state index contributed by atoms with van der Waals surface area (Å²) < 4.78 is 41.9. The van der Waals surface area contributed by atoms with E-state index in [4.69, 9.17) is 13.3 Å². The average molecular weight is 407 g/mol. The normalized spacial score (nSPS) is 12.4. The highest BCUT2D eigenvalue weighted by molar-refractivity contribution is 8.00. The minimum Gasteiger partial charge on any atom is -0.374 e. The van der Waals surface area contributed by atoms with Crippen LogP contribution in [0.15, 0.2) is 35.2 Å². The van der Waals surface area contributed by atoms with Crippen molar-refractivity contribution in [1.82, 2.24) is 0 Å². The molecule has 0 fully saturated rings. The molecular formula is C17H30O5S2Si. The number of benzene rings is 1. The maximum Gasteiger partial charge on any atom is 0.500 e. The molecule has 0 radical (unpaired) electrons. The Bertz CT molecular complexity index is 549. The van der Waals surface area contributed by atoms with Crippen LogP contribution >= 0.6 is 11.8 Å². The van der Waals surface area contributed by atoms with Gasteiger partial charge in [0.25, 0.3) is 0 Å². The van der Waals surface area contributed by atoms with E-state index in [0.29, 0.717) is 30.5 Å². The molecule has 0 aliphatic heterocycles. The molecule has 0 saturated carbocycles. The second-order valence-corrected chi connectivity index (χ2v) is 11.4. The van der Waals surface area contributed by atoms with Crippen LogP contribution in [0.2, 0.25) is 6.04 Å². The molecule has 0 atom stereocenters. The second-order valence-electron chi connectivity index (χ2n) is 5.33. The maximum atomic E-state index is 12.2. The van der Waals surface area contributed by atoms with Gasteiger partial charge in [-0.15, -0.1) is 0 Å². The Balaban J connectivity index is 2.36. The highest BCUT2D eigenvalue weighted by Gasteiger charge is 2.39. The highest BCUT2D eigenvalue weighted by Crippen LogP contribution is 2.20. The first-order valence-electron chi connectivity index (χ1n) is 8.77. The van der Waals surface area contributed by atoms with Gasteiger partial charge < -0.3 is 13.3 Å². The Morgan fingerprint density at radius 3 is 2.00 bits per heavy atom. The molecule has 0 bridgehead atoms. The van der Waals surface area contributed by atoms with Crippen LogP contribution < -0.4 is 0 Å². The summed E-state index contributed by atoms with van der Waals surface area (Å²) in [6.45, 7) is 7.58. The molecule has 5 nitrogen and oxygen atoms in total. The zero-order valence-electron chi connectivity index (χ0n) is 15.4. The highest BCUT2D eigenvalue weighted by atomic mass is 32.2. The van der Waals surface area contributed by atoms with Gasteiger partial charge in [0.2, 0.25) is 0 Å². The SMILES string of the molecule is CCO[Si](CCCSCCS(=O)(=O)c1ccccc1)(OCC)OCC.